The molecule has 2 aliphatic rings. The predicted molar refractivity (Wildman–Crippen MR) is 99.2 cm³/mol. The second kappa shape index (κ2) is 7.97. The van der Waals surface area contributed by atoms with Crippen LogP contribution in [0.2, 0.25) is 0 Å². The smallest absolute Gasteiger partial charge is 0.0727 e. The minimum Gasteiger partial charge on any atom is -0.373 e. The fourth-order valence-corrected chi connectivity index (χ4v) is 3.96. The van der Waals surface area contributed by atoms with Gasteiger partial charge in [-0.2, -0.15) is 0 Å². The summed E-state index contributed by atoms with van der Waals surface area (Å²) in [5.41, 5.74) is 7.23. The van der Waals surface area contributed by atoms with Crippen LogP contribution in [0.25, 0.3) is 0 Å². The lowest BCUT2D eigenvalue weighted by Gasteiger charge is -2.34. The molecular weight excluding hydrogens is 296 g/mol. The minimum atomic E-state index is 0.332. The molecule has 0 fully saturated rings. The molecule has 0 bridgehead atoms. The van der Waals surface area contributed by atoms with Gasteiger partial charge in [-0.05, 0) is 55.3 Å². The van der Waals surface area contributed by atoms with Gasteiger partial charge in [0.1, 0.15) is 0 Å². The van der Waals surface area contributed by atoms with Crippen molar-refractivity contribution in [1.29, 1.82) is 0 Å². The van der Waals surface area contributed by atoms with Gasteiger partial charge in [0.2, 0.25) is 0 Å². The molecular formula is C21H34N2O. The second-order valence-electron chi connectivity index (χ2n) is 8.08. The molecule has 0 aliphatic carbocycles. The summed E-state index contributed by atoms with van der Waals surface area (Å²) in [5, 5.41) is 0. The Balaban J connectivity index is 1.87. The van der Waals surface area contributed by atoms with Crippen LogP contribution in [0.3, 0.4) is 0 Å². The highest BCUT2D eigenvalue weighted by molar-refractivity contribution is 5.43. The van der Waals surface area contributed by atoms with Crippen LogP contribution >= 0.6 is 0 Å². The molecule has 134 valence electrons. The number of nitrogens with zero attached hydrogens (tertiary/aromatic N) is 2. The maximum atomic E-state index is 6.02. The van der Waals surface area contributed by atoms with E-state index in [-0.39, 0.29) is 0 Å². The first-order chi connectivity index (χ1) is 11.6. The number of ether oxygens (including phenoxy) is 1. The average molecular weight is 331 g/mol. The van der Waals surface area contributed by atoms with Gasteiger partial charge in [0.15, 0.2) is 0 Å². The molecule has 1 atom stereocenters. The zero-order valence-electron chi connectivity index (χ0n) is 16.0. The molecule has 1 aromatic heterocycles. The predicted octanol–water partition coefficient (Wildman–Crippen LogP) is 4.29. The molecule has 3 heteroatoms. The van der Waals surface area contributed by atoms with Crippen molar-refractivity contribution in [2.75, 3.05) is 13.1 Å². The SMILES string of the molecule is CCCCc1nc2c(c3c1C[C@H](C)OC3)CN(CCC(C)C)CC2. The van der Waals surface area contributed by atoms with Crippen molar-refractivity contribution in [2.45, 2.75) is 85.5 Å². The summed E-state index contributed by atoms with van der Waals surface area (Å²) < 4.78 is 6.02. The van der Waals surface area contributed by atoms with Gasteiger partial charge in [-0.15, -0.1) is 0 Å². The van der Waals surface area contributed by atoms with Crippen molar-refractivity contribution >= 4 is 0 Å². The van der Waals surface area contributed by atoms with Crippen LogP contribution in [-0.2, 0) is 37.2 Å². The summed E-state index contributed by atoms with van der Waals surface area (Å²) in [6.07, 6.45) is 7.38. The number of aryl methyl sites for hydroxylation is 1. The van der Waals surface area contributed by atoms with E-state index in [4.69, 9.17) is 9.72 Å². The Labute approximate surface area is 147 Å². The molecule has 3 rings (SSSR count). The van der Waals surface area contributed by atoms with E-state index in [1.165, 1.54) is 53.9 Å². The van der Waals surface area contributed by atoms with Crippen LogP contribution < -0.4 is 0 Å². The Morgan fingerprint density at radius 1 is 1.25 bits per heavy atom. The maximum Gasteiger partial charge on any atom is 0.0727 e. The summed E-state index contributed by atoms with van der Waals surface area (Å²) in [6.45, 7) is 13.3. The Morgan fingerprint density at radius 2 is 2.08 bits per heavy atom. The number of hydrogen-bond donors (Lipinski definition) is 0. The van der Waals surface area contributed by atoms with Crippen LogP contribution in [0, 0.1) is 5.92 Å². The summed E-state index contributed by atoms with van der Waals surface area (Å²) in [6, 6.07) is 0. The van der Waals surface area contributed by atoms with E-state index in [2.05, 4.69) is 32.6 Å². The van der Waals surface area contributed by atoms with Gasteiger partial charge in [0.05, 0.1) is 12.7 Å². The third-order valence-electron chi connectivity index (χ3n) is 5.54. The summed E-state index contributed by atoms with van der Waals surface area (Å²) >= 11 is 0. The van der Waals surface area contributed by atoms with Gasteiger partial charge in [-0.1, -0.05) is 27.2 Å². The second-order valence-corrected chi connectivity index (χ2v) is 8.08. The lowest BCUT2D eigenvalue weighted by molar-refractivity contribution is 0.0391. The van der Waals surface area contributed by atoms with E-state index >= 15 is 0 Å². The number of aromatic nitrogens is 1. The van der Waals surface area contributed by atoms with Gasteiger partial charge >= 0.3 is 0 Å². The van der Waals surface area contributed by atoms with Crippen molar-refractivity contribution in [2.24, 2.45) is 5.92 Å². The first kappa shape index (κ1) is 17.9. The normalized spacial score (nSPS) is 21.0. The fraction of sp³-hybridized carbons (Fsp3) is 0.762. The Kier molecular flexibility index (Phi) is 5.93. The van der Waals surface area contributed by atoms with Crippen LogP contribution in [0.5, 0.6) is 0 Å². The largest absolute Gasteiger partial charge is 0.373 e. The van der Waals surface area contributed by atoms with Crippen LogP contribution in [-0.4, -0.2) is 29.1 Å². The summed E-state index contributed by atoms with van der Waals surface area (Å²) in [4.78, 5) is 7.77. The average Bonchev–Trinajstić information content (AvgIpc) is 2.57. The van der Waals surface area contributed by atoms with Gasteiger partial charge in [0.25, 0.3) is 0 Å². The van der Waals surface area contributed by atoms with Crippen molar-refractivity contribution in [1.82, 2.24) is 9.88 Å². The molecule has 2 aliphatic heterocycles. The minimum absolute atomic E-state index is 0.332. The third kappa shape index (κ3) is 4.00. The van der Waals surface area contributed by atoms with Gasteiger partial charge in [0, 0.05) is 37.3 Å². The molecule has 0 unspecified atom stereocenters. The van der Waals surface area contributed by atoms with E-state index in [1.807, 2.05) is 0 Å². The molecule has 1 aromatic rings. The van der Waals surface area contributed by atoms with Crippen LogP contribution in [0.15, 0.2) is 0 Å². The van der Waals surface area contributed by atoms with E-state index in [0.717, 1.165) is 44.9 Å². The van der Waals surface area contributed by atoms with Gasteiger partial charge < -0.3 is 4.74 Å². The molecule has 0 amide bonds. The number of pyridine rings is 1. The van der Waals surface area contributed by atoms with Crippen molar-refractivity contribution in [3.8, 4) is 0 Å². The zero-order chi connectivity index (χ0) is 17.1. The molecule has 3 nitrogen and oxygen atoms in total. The fourth-order valence-electron chi connectivity index (χ4n) is 3.96. The van der Waals surface area contributed by atoms with Crippen molar-refractivity contribution < 1.29 is 4.74 Å². The number of fused-ring (bicyclic) bond motifs is 3. The lowest BCUT2D eigenvalue weighted by Crippen LogP contribution is -2.35. The van der Waals surface area contributed by atoms with Gasteiger partial charge in [-0.3, -0.25) is 9.88 Å². The number of rotatable bonds is 6. The standard InChI is InChI=1S/C21H34N2O/c1-5-6-7-20-17-12-16(4)24-14-19(17)18-13-23(10-8-15(2)3)11-9-21(18)22-20/h15-16H,5-14H2,1-4H3/t16-/m0/s1. The van der Waals surface area contributed by atoms with E-state index < -0.39 is 0 Å². The first-order valence-corrected chi connectivity index (χ1v) is 9.94. The maximum absolute atomic E-state index is 6.02. The number of hydrogen-bond acceptors (Lipinski definition) is 3. The number of unbranched alkanes of at least 4 members (excludes halogenated alkanes) is 1. The van der Waals surface area contributed by atoms with E-state index in [9.17, 15) is 0 Å². The Morgan fingerprint density at radius 3 is 2.83 bits per heavy atom. The van der Waals surface area contributed by atoms with Crippen LogP contribution in [0.4, 0.5) is 0 Å². The molecule has 0 aromatic carbocycles. The summed E-state index contributed by atoms with van der Waals surface area (Å²) in [5.74, 6) is 0.777. The van der Waals surface area contributed by atoms with Crippen LogP contribution in [0.1, 0.15) is 75.0 Å². The van der Waals surface area contributed by atoms with Crippen molar-refractivity contribution in [3.05, 3.63) is 28.1 Å². The highest BCUT2D eigenvalue weighted by Gasteiger charge is 2.28. The third-order valence-corrected chi connectivity index (χ3v) is 5.54. The Hall–Kier alpha value is -0.930. The highest BCUT2D eigenvalue weighted by Crippen LogP contribution is 2.32. The molecule has 0 spiro atoms. The molecule has 3 heterocycles. The monoisotopic (exact) mass is 330 g/mol. The quantitative estimate of drug-likeness (QED) is 0.778. The van der Waals surface area contributed by atoms with E-state index in [1.54, 1.807) is 0 Å². The first-order valence-electron chi connectivity index (χ1n) is 9.94. The van der Waals surface area contributed by atoms with Gasteiger partial charge in [-0.25, -0.2) is 0 Å². The van der Waals surface area contributed by atoms with E-state index in [0.29, 0.717) is 6.10 Å². The molecule has 24 heavy (non-hydrogen) atoms. The molecule has 0 radical (unpaired) electrons. The molecule has 0 saturated carbocycles. The lowest BCUT2D eigenvalue weighted by atomic mass is 9.89. The molecule has 0 saturated heterocycles. The zero-order valence-corrected chi connectivity index (χ0v) is 16.0. The summed E-state index contributed by atoms with van der Waals surface area (Å²) in [7, 11) is 0. The topological polar surface area (TPSA) is 25.4 Å². The van der Waals surface area contributed by atoms with Crippen molar-refractivity contribution in [3.63, 3.8) is 0 Å². The Bertz CT molecular complexity index is 567. The highest BCUT2D eigenvalue weighted by atomic mass is 16.5. The molecule has 0 N–H and O–H groups in total.